The molecule has 4 nitrogen and oxygen atoms in total. The molecule has 2 aromatic heterocycles. The summed E-state index contributed by atoms with van der Waals surface area (Å²) < 4.78 is 0. The second kappa shape index (κ2) is 4.45. The number of benzene rings is 1. The maximum atomic E-state index is 12.0. The van der Waals surface area contributed by atoms with Crippen molar-refractivity contribution in [3.63, 3.8) is 0 Å². The monoisotopic (exact) mass is 281 g/mol. The van der Waals surface area contributed by atoms with Crippen LogP contribution in [0.1, 0.15) is 11.3 Å². The van der Waals surface area contributed by atoms with Crippen molar-refractivity contribution >= 4 is 22.7 Å². The van der Waals surface area contributed by atoms with E-state index in [1.807, 2.05) is 30.3 Å². The number of aromatic amines is 1. The lowest BCUT2D eigenvalue weighted by Gasteiger charge is -2.05. The molecule has 0 amide bonds. The summed E-state index contributed by atoms with van der Waals surface area (Å²) in [6, 6.07) is 9.82. The molecule has 0 radical (unpaired) electrons. The Labute approximate surface area is 119 Å². The predicted molar refractivity (Wildman–Crippen MR) is 80.6 cm³/mol. The van der Waals surface area contributed by atoms with Crippen molar-refractivity contribution in [1.82, 2.24) is 15.0 Å². The SMILES string of the molecule is O=c1[nH]c(-c2ccc3ncccc3c2)nc2c1CSC2. The highest BCUT2D eigenvalue weighted by atomic mass is 32.2. The predicted octanol–water partition coefficient (Wildman–Crippen LogP) is 2.73. The van der Waals surface area contributed by atoms with Crippen LogP contribution in [0, 0.1) is 0 Å². The molecule has 3 heterocycles. The summed E-state index contributed by atoms with van der Waals surface area (Å²) >= 11 is 1.73. The molecule has 3 aromatic rings. The van der Waals surface area contributed by atoms with Gasteiger partial charge in [-0.3, -0.25) is 9.78 Å². The van der Waals surface area contributed by atoms with Crippen LogP contribution < -0.4 is 5.56 Å². The van der Waals surface area contributed by atoms with Crippen LogP contribution in [0.5, 0.6) is 0 Å². The van der Waals surface area contributed by atoms with Crippen molar-refractivity contribution in [1.29, 1.82) is 0 Å². The zero-order valence-electron chi connectivity index (χ0n) is 10.6. The highest BCUT2D eigenvalue weighted by Gasteiger charge is 2.18. The van der Waals surface area contributed by atoms with Gasteiger partial charge in [-0.15, -0.1) is 0 Å². The van der Waals surface area contributed by atoms with Gasteiger partial charge < -0.3 is 4.98 Å². The number of rotatable bonds is 1. The first-order valence-corrected chi connectivity index (χ1v) is 7.52. The Hall–Kier alpha value is -2.14. The van der Waals surface area contributed by atoms with Gasteiger partial charge in [-0.05, 0) is 24.3 Å². The van der Waals surface area contributed by atoms with Crippen molar-refractivity contribution in [3.05, 3.63) is 58.1 Å². The first-order chi connectivity index (χ1) is 9.81. The molecule has 4 rings (SSSR count). The number of hydrogen-bond donors (Lipinski definition) is 1. The molecule has 1 aliphatic heterocycles. The van der Waals surface area contributed by atoms with Gasteiger partial charge in [0.15, 0.2) is 0 Å². The van der Waals surface area contributed by atoms with E-state index in [1.54, 1.807) is 18.0 Å². The summed E-state index contributed by atoms with van der Waals surface area (Å²) in [7, 11) is 0. The molecule has 0 bridgehead atoms. The van der Waals surface area contributed by atoms with E-state index in [1.165, 1.54) is 0 Å². The number of fused-ring (bicyclic) bond motifs is 2. The van der Waals surface area contributed by atoms with Crippen molar-refractivity contribution in [2.24, 2.45) is 0 Å². The van der Waals surface area contributed by atoms with Crippen LogP contribution in [0.15, 0.2) is 41.3 Å². The fourth-order valence-electron chi connectivity index (χ4n) is 2.42. The molecule has 0 fully saturated rings. The number of nitrogens with zero attached hydrogens (tertiary/aromatic N) is 2. The van der Waals surface area contributed by atoms with E-state index < -0.39 is 0 Å². The molecule has 1 aliphatic rings. The van der Waals surface area contributed by atoms with Gasteiger partial charge >= 0.3 is 0 Å². The van der Waals surface area contributed by atoms with Crippen LogP contribution in [-0.4, -0.2) is 15.0 Å². The first-order valence-electron chi connectivity index (χ1n) is 6.36. The summed E-state index contributed by atoms with van der Waals surface area (Å²) in [4.78, 5) is 23.8. The van der Waals surface area contributed by atoms with Crippen molar-refractivity contribution < 1.29 is 0 Å². The van der Waals surface area contributed by atoms with Crippen LogP contribution in [0.4, 0.5) is 0 Å². The fourth-order valence-corrected chi connectivity index (χ4v) is 3.46. The average Bonchev–Trinajstić information content (AvgIpc) is 2.96. The topological polar surface area (TPSA) is 58.6 Å². The van der Waals surface area contributed by atoms with E-state index in [2.05, 4.69) is 15.0 Å². The summed E-state index contributed by atoms with van der Waals surface area (Å²) in [5, 5.41) is 1.04. The molecule has 5 heteroatoms. The molecule has 0 aliphatic carbocycles. The summed E-state index contributed by atoms with van der Waals surface area (Å²) in [5.74, 6) is 2.23. The molecule has 0 saturated carbocycles. The van der Waals surface area contributed by atoms with Crippen molar-refractivity contribution in [2.75, 3.05) is 0 Å². The van der Waals surface area contributed by atoms with E-state index in [9.17, 15) is 4.79 Å². The van der Waals surface area contributed by atoms with Crippen LogP contribution in [0.2, 0.25) is 0 Å². The minimum atomic E-state index is -0.0127. The lowest BCUT2D eigenvalue weighted by Crippen LogP contribution is -2.15. The van der Waals surface area contributed by atoms with Crippen LogP contribution in [-0.2, 0) is 11.5 Å². The van der Waals surface area contributed by atoms with Crippen LogP contribution >= 0.6 is 11.8 Å². The third kappa shape index (κ3) is 1.82. The summed E-state index contributed by atoms with van der Waals surface area (Å²) in [6.07, 6.45) is 1.77. The third-order valence-electron chi connectivity index (χ3n) is 3.46. The zero-order chi connectivity index (χ0) is 13.5. The second-order valence-corrected chi connectivity index (χ2v) is 5.73. The summed E-state index contributed by atoms with van der Waals surface area (Å²) in [6.45, 7) is 0. The van der Waals surface area contributed by atoms with Gasteiger partial charge in [-0.1, -0.05) is 6.07 Å². The standard InChI is InChI=1S/C15H11N3OS/c19-15-11-7-20-8-13(11)17-14(18-15)10-3-4-12-9(6-10)2-1-5-16-12/h1-6H,7-8H2,(H,17,18,19). The molecular formula is C15H11N3OS. The number of thioether (sulfide) groups is 1. The Morgan fingerprint density at radius 1 is 1.20 bits per heavy atom. The zero-order valence-corrected chi connectivity index (χ0v) is 11.4. The number of aromatic nitrogens is 3. The Balaban J connectivity index is 1.91. The third-order valence-corrected chi connectivity index (χ3v) is 4.43. The minimum absolute atomic E-state index is 0.0127. The van der Waals surface area contributed by atoms with Gasteiger partial charge in [-0.25, -0.2) is 4.98 Å². The lowest BCUT2D eigenvalue weighted by atomic mass is 10.1. The van der Waals surface area contributed by atoms with Gasteiger partial charge in [0.2, 0.25) is 0 Å². The maximum absolute atomic E-state index is 12.0. The smallest absolute Gasteiger partial charge is 0.255 e. The normalized spacial score (nSPS) is 13.6. The second-order valence-electron chi connectivity index (χ2n) is 4.74. The largest absolute Gasteiger partial charge is 0.306 e. The first kappa shape index (κ1) is 11.7. The van der Waals surface area contributed by atoms with Crippen molar-refractivity contribution in [3.8, 4) is 11.4 Å². The van der Waals surface area contributed by atoms with Gasteiger partial charge in [0.25, 0.3) is 5.56 Å². The molecule has 0 unspecified atom stereocenters. The van der Waals surface area contributed by atoms with Gasteiger partial charge in [0, 0.05) is 34.2 Å². The van der Waals surface area contributed by atoms with Crippen LogP contribution in [0.3, 0.4) is 0 Å². The molecule has 0 saturated heterocycles. The lowest BCUT2D eigenvalue weighted by molar-refractivity contribution is 1.03. The van der Waals surface area contributed by atoms with Gasteiger partial charge in [0.1, 0.15) is 5.82 Å². The van der Waals surface area contributed by atoms with Gasteiger partial charge in [0.05, 0.1) is 11.2 Å². The van der Waals surface area contributed by atoms with Crippen LogP contribution in [0.25, 0.3) is 22.3 Å². The van der Waals surface area contributed by atoms with Gasteiger partial charge in [-0.2, -0.15) is 11.8 Å². The Morgan fingerprint density at radius 3 is 3.10 bits per heavy atom. The Morgan fingerprint density at radius 2 is 2.15 bits per heavy atom. The molecule has 0 spiro atoms. The van der Waals surface area contributed by atoms with E-state index in [4.69, 9.17) is 0 Å². The highest BCUT2D eigenvalue weighted by molar-refractivity contribution is 7.98. The quantitative estimate of drug-likeness (QED) is 0.745. The van der Waals surface area contributed by atoms with E-state index in [0.29, 0.717) is 5.82 Å². The maximum Gasteiger partial charge on any atom is 0.255 e. The van der Waals surface area contributed by atoms with E-state index in [-0.39, 0.29) is 5.56 Å². The molecule has 20 heavy (non-hydrogen) atoms. The van der Waals surface area contributed by atoms with Crippen molar-refractivity contribution in [2.45, 2.75) is 11.5 Å². The Bertz CT molecular complexity index is 872. The molecule has 0 atom stereocenters. The van der Waals surface area contributed by atoms with E-state index >= 15 is 0 Å². The minimum Gasteiger partial charge on any atom is -0.306 e. The fraction of sp³-hybridized carbons (Fsp3) is 0.133. The number of hydrogen-bond acceptors (Lipinski definition) is 4. The molecule has 1 aromatic carbocycles. The van der Waals surface area contributed by atoms with E-state index in [0.717, 1.165) is 39.2 Å². The highest BCUT2D eigenvalue weighted by Crippen LogP contribution is 2.27. The Kier molecular flexibility index (Phi) is 2.60. The molecule has 98 valence electrons. The number of nitrogens with one attached hydrogen (secondary N) is 1. The summed E-state index contributed by atoms with van der Waals surface area (Å²) in [5.41, 5.74) is 3.58. The number of H-pyrrole nitrogens is 1. The molecule has 1 N–H and O–H groups in total. The number of pyridine rings is 1. The average molecular weight is 281 g/mol. The molecular weight excluding hydrogens is 270 g/mol.